The number of hydrogen-bond donors (Lipinski definition) is 1. The number of alkyl halides is 3. The van der Waals surface area contributed by atoms with E-state index in [1.54, 1.807) is 0 Å². The average molecular weight is 398 g/mol. The van der Waals surface area contributed by atoms with Gasteiger partial charge in [0.25, 0.3) is 5.91 Å². The van der Waals surface area contributed by atoms with E-state index in [1.807, 2.05) is 0 Å². The Bertz CT molecular complexity index is 956. The first kappa shape index (κ1) is 18.8. The first-order valence-electron chi connectivity index (χ1n) is 8.75. The van der Waals surface area contributed by atoms with Crippen LogP contribution in [0.4, 0.5) is 13.2 Å². The van der Waals surface area contributed by atoms with Gasteiger partial charge < -0.3 is 24.1 Å². The highest BCUT2D eigenvalue weighted by Gasteiger charge is 2.41. The monoisotopic (exact) mass is 398 g/mol. The topological polar surface area (TPSA) is 80.9 Å². The van der Waals surface area contributed by atoms with E-state index in [-0.39, 0.29) is 16.5 Å². The summed E-state index contributed by atoms with van der Waals surface area (Å²) in [5.74, 6) is -1.68. The van der Waals surface area contributed by atoms with Crippen LogP contribution in [-0.2, 0) is 9.47 Å². The van der Waals surface area contributed by atoms with Crippen molar-refractivity contribution in [2.45, 2.75) is 25.0 Å². The first-order chi connectivity index (χ1) is 13.3. The number of nitrogens with zero attached hydrogens (tertiary/aromatic N) is 1. The van der Waals surface area contributed by atoms with Crippen LogP contribution in [0, 0.1) is 0 Å². The summed E-state index contributed by atoms with van der Waals surface area (Å²) in [6, 6.07) is 3.71. The Morgan fingerprint density at radius 1 is 1.18 bits per heavy atom. The van der Waals surface area contributed by atoms with E-state index < -0.39 is 29.2 Å². The van der Waals surface area contributed by atoms with Crippen molar-refractivity contribution in [3.63, 3.8) is 0 Å². The minimum absolute atomic E-state index is 0.0523. The van der Waals surface area contributed by atoms with Crippen LogP contribution in [0.1, 0.15) is 23.2 Å². The molecule has 0 radical (unpaired) electrons. The van der Waals surface area contributed by atoms with Gasteiger partial charge in [0.2, 0.25) is 5.43 Å². The number of nitrogens with one attached hydrogen (secondary N) is 1. The number of halogens is 3. The normalized spacial score (nSPS) is 19.3. The number of carbonyl (C=O) groups excluding carboxylic acids is 1. The van der Waals surface area contributed by atoms with E-state index >= 15 is 0 Å². The number of pyridine rings is 1. The van der Waals surface area contributed by atoms with E-state index in [4.69, 9.17) is 9.47 Å². The van der Waals surface area contributed by atoms with E-state index in [2.05, 4.69) is 9.72 Å². The Labute approximate surface area is 157 Å². The number of aromatic amines is 1. The molecular formula is C18H17F3N2O5. The van der Waals surface area contributed by atoms with Gasteiger partial charge in [-0.05, 0) is 12.1 Å². The quantitative estimate of drug-likeness (QED) is 0.840. The molecular weight excluding hydrogens is 381 g/mol. The molecule has 2 saturated heterocycles. The third-order valence-corrected chi connectivity index (χ3v) is 4.96. The number of H-pyrrole nitrogens is 1. The highest BCUT2D eigenvalue weighted by Crippen LogP contribution is 2.32. The molecule has 1 spiro atoms. The zero-order valence-electron chi connectivity index (χ0n) is 14.7. The molecule has 28 heavy (non-hydrogen) atoms. The molecule has 2 aliphatic heterocycles. The Morgan fingerprint density at radius 3 is 2.50 bits per heavy atom. The lowest BCUT2D eigenvalue weighted by atomic mass is 10.0. The lowest BCUT2D eigenvalue weighted by Crippen LogP contribution is -2.48. The molecule has 2 fully saturated rings. The Balaban J connectivity index is 1.60. The first-order valence-corrected chi connectivity index (χ1v) is 8.75. The second-order valence-corrected chi connectivity index (χ2v) is 6.66. The van der Waals surface area contributed by atoms with Gasteiger partial charge >= 0.3 is 6.36 Å². The second-order valence-electron chi connectivity index (χ2n) is 6.66. The molecule has 0 bridgehead atoms. The molecule has 0 saturated carbocycles. The van der Waals surface area contributed by atoms with Crippen molar-refractivity contribution in [3.8, 4) is 5.75 Å². The van der Waals surface area contributed by atoms with Gasteiger partial charge in [-0.25, -0.2) is 0 Å². The molecule has 2 aromatic rings. The number of rotatable bonds is 2. The molecule has 0 unspecified atom stereocenters. The van der Waals surface area contributed by atoms with Crippen LogP contribution < -0.4 is 10.2 Å². The van der Waals surface area contributed by atoms with E-state index in [0.717, 1.165) is 12.3 Å². The fourth-order valence-electron chi connectivity index (χ4n) is 3.60. The number of para-hydroxylation sites is 1. The number of fused-ring (bicyclic) bond motifs is 1. The summed E-state index contributed by atoms with van der Waals surface area (Å²) in [5, 5.41) is -0.0523. The molecule has 10 heteroatoms. The number of hydrogen-bond acceptors (Lipinski definition) is 5. The van der Waals surface area contributed by atoms with Crippen molar-refractivity contribution >= 4 is 16.8 Å². The van der Waals surface area contributed by atoms with Crippen molar-refractivity contribution in [2.24, 2.45) is 0 Å². The van der Waals surface area contributed by atoms with Gasteiger partial charge in [-0.2, -0.15) is 0 Å². The number of benzene rings is 1. The SMILES string of the molecule is O=C(c1c[nH]c2c(OC(F)(F)F)cccc2c1=O)N1CCC2(CC1)OCCO2. The maximum Gasteiger partial charge on any atom is 0.573 e. The van der Waals surface area contributed by atoms with Crippen LogP contribution in [-0.4, -0.2) is 54.2 Å². The fourth-order valence-corrected chi connectivity index (χ4v) is 3.60. The zero-order valence-corrected chi connectivity index (χ0v) is 14.7. The van der Waals surface area contributed by atoms with Crippen LogP contribution in [0.5, 0.6) is 5.75 Å². The van der Waals surface area contributed by atoms with E-state index in [9.17, 15) is 22.8 Å². The van der Waals surface area contributed by atoms with Crippen LogP contribution in [0.15, 0.2) is 29.2 Å². The molecule has 2 aliphatic rings. The fraction of sp³-hybridized carbons (Fsp3) is 0.444. The summed E-state index contributed by atoms with van der Waals surface area (Å²) < 4.78 is 52.8. The lowest BCUT2D eigenvalue weighted by molar-refractivity contribution is -0.274. The number of ether oxygens (including phenoxy) is 3. The highest BCUT2D eigenvalue weighted by molar-refractivity contribution is 5.98. The molecule has 4 rings (SSSR count). The number of likely N-dealkylation sites (tertiary alicyclic amines) is 1. The van der Waals surface area contributed by atoms with Crippen molar-refractivity contribution in [3.05, 3.63) is 40.2 Å². The number of piperidine rings is 1. The van der Waals surface area contributed by atoms with E-state index in [1.165, 1.54) is 17.0 Å². The van der Waals surface area contributed by atoms with Gasteiger partial charge in [0, 0.05) is 32.1 Å². The standard InChI is InChI=1S/C18H17F3N2O5/c19-18(20,21)28-13-3-1-2-11-14(13)22-10-12(15(11)24)16(25)23-6-4-17(5-7-23)26-8-9-27-17/h1-3,10H,4-9H2,(H,22,24). The summed E-state index contributed by atoms with van der Waals surface area (Å²) in [4.78, 5) is 29.6. The number of carbonyl (C=O) groups is 1. The highest BCUT2D eigenvalue weighted by atomic mass is 19.4. The van der Waals surface area contributed by atoms with Crippen LogP contribution >= 0.6 is 0 Å². The van der Waals surface area contributed by atoms with Crippen LogP contribution in [0.25, 0.3) is 10.9 Å². The molecule has 1 aromatic heterocycles. The Kier molecular flexibility index (Phi) is 4.54. The van der Waals surface area contributed by atoms with Crippen molar-refractivity contribution in [2.75, 3.05) is 26.3 Å². The third-order valence-electron chi connectivity index (χ3n) is 4.96. The average Bonchev–Trinajstić information content (AvgIpc) is 3.09. The molecule has 0 aliphatic carbocycles. The molecule has 7 nitrogen and oxygen atoms in total. The number of amides is 1. The third kappa shape index (κ3) is 3.45. The molecule has 0 atom stereocenters. The van der Waals surface area contributed by atoms with Gasteiger partial charge in [0.1, 0.15) is 5.56 Å². The molecule has 3 heterocycles. The Morgan fingerprint density at radius 2 is 1.86 bits per heavy atom. The van der Waals surface area contributed by atoms with Crippen molar-refractivity contribution in [1.29, 1.82) is 0 Å². The summed E-state index contributed by atoms with van der Waals surface area (Å²) in [5.41, 5.74) is -0.910. The van der Waals surface area contributed by atoms with Gasteiger partial charge in [-0.3, -0.25) is 9.59 Å². The predicted molar refractivity (Wildman–Crippen MR) is 91.0 cm³/mol. The molecule has 1 N–H and O–H groups in total. The largest absolute Gasteiger partial charge is 0.573 e. The van der Waals surface area contributed by atoms with Crippen LogP contribution in [0.3, 0.4) is 0 Å². The molecule has 1 aromatic carbocycles. The van der Waals surface area contributed by atoms with Gasteiger partial charge in [-0.1, -0.05) is 6.07 Å². The smallest absolute Gasteiger partial charge is 0.404 e. The maximum absolute atomic E-state index is 12.8. The van der Waals surface area contributed by atoms with Gasteiger partial charge in [-0.15, -0.1) is 13.2 Å². The van der Waals surface area contributed by atoms with Crippen molar-refractivity contribution < 1.29 is 32.2 Å². The molecule has 1 amide bonds. The summed E-state index contributed by atoms with van der Waals surface area (Å²) in [6.45, 7) is 1.74. The summed E-state index contributed by atoms with van der Waals surface area (Å²) >= 11 is 0. The zero-order chi connectivity index (χ0) is 19.9. The minimum Gasteiger partial charge on any atom is -0.404 e. The minimum atomic E-state index is -4.90. The predicted octanol–water partition coefficient (Wildman–Crippen LogP) is 2.41. The van der Waals surface area contributed by atoms with Crippen LogP contribution in [0.2, 0.25) is 0 Å². The van der Waals surface area contributed by atoms with Crippen molar-refractivity contribution in [1.82, 2.24) is 9.88 Å². The Hall–Kier alpha value is -2.59. The molecule has 150 valence electrons. The second kappa shape index (κ2) is 6.78. The summed E-state index contributed by atoms with van der Waals surface area (Å²) in [7, 11) is 0. The van der Waals surface area contributed by atoms with E-state index in [0.29, 0.717) is 39.1 Å². The van der Waals surface area contributed by atoms with Gasteiger partial charge in [0.05, 0.1) is 24.1 Å². The lowest BCUT2D eigenvalue weighted by Gasteiger charge is -2.37. The number of aromatic nitrogens is 1. The van der Waals surface area contributed by atoms with Gasteiger partial charge in [0.15, 0.2) is 11.5 Å². The maximum atomic E-state index is 12.8. The summed E-state index contributed by atoms with van der Waals surface area (Å²) in [6.07, 6.45) is -2.78.